The molecule has 0 unspecified atom stereocenters. The minimum Gasteiger partial charge on any atom is -0.490 e. The van der Waals surface area contributed by atoms with Gasteiger partial charge >= 0.3 is 0 Å². The van der Waals surface area contributed by atoms with E-state index in [4.69, 9.17) is 33.3 Å². The summed E-state index contributed by atoms with van der Waals surface area (Å²) in [5.41, 5.74) is 1.79. The van der Waals surface area contributed by atoms with Crippen molar-refractivity contribution in [3.8, 4) is 11.5 Å². The SMILES string of the molecule is CCCCc1n[nH]c(=S)n1/N=C/c1ccc(OCc2ccccc2Cl)c(OCC)c1. The van der Waals surface area contributed by atoms with Crippen molar-refractivity contribution in [2.24, 2.45) is 5.10 Å². The first-order valence-corrected chi connectivity index (χ1v) is 10.7. The van der Waals surface area contributed by atoms with Gasteiger partial charge in [-0.3, -0.25) is 5.10 Å². The Labute approximate surface area is 186 Å². The fraction of sp³-hybridized carbons (Fsp3) is 0.318. The Kier molecular flexibility index (Phi) is 8.04. The van der Waals surface area contributed by atoms with E-state index in [1.165, 1.54) is 0 Å². The number of benzene rings is 2. The Morgan fingerprint density at radius 1 is 1.17 bits per heavy atom. The molecule has 0 amide bonds. The van der Waals surface area contributed by atoms with Crippen LogP contribution in [0.4, 0.5) is 0 Å². The van der Waals surface area contributed by atoms with Crippen molar-refractivity contribution in [1.82, 2.24) is 14.9 Å². The first kappa shape index (κ1) is 22.1. The maximum absolute atomic E-state index is 6.22. The highest BCUT2D eigenvalue weighted by Gasteiger charge is 2.09. The monoisotopic (exact) mass is 444 g/mol. The van der Waals surface area contributed by atoms with Crippen LogP contribution in [0.2, 0.25) is 5.02 Å². The number of ether oxygens (including phenoxy) is 2. The molecule has 0 aliphatic carbocycles. The van der Waals surface area contributed by atoms with Gasteiger partial charge in [0.2, 0.25) is 4.77 Å². The van der Waals surface area contributed by atoms with Crippen LogP contribution in [0.1, 0.15) is 43.6 Å². The van der Waals surface area contributed by atoms with Crippen molar-refractivity contribution < 1.29 is 9.47 Å². The molecule has 6 nitrogen and oxygen atoms in total. The number of hydrogen-bond donors (Lipinski definition) is 1. The molecule has 0 spiro atoms. The van der Waals surface area contributed by atoms with Crippen LogP contribution in [0.5, 0.6) is 11.5 Å². The molecular weight excluding hydrogens is 420 g/mol. The number of halogens is 1. The minimum absolute atomic E-state index is 0.359. The molecule has 1 heterocycles. The smallest absolute Gasteiger partial charge is 0.216 e. The molecule has 0 saturated carbocycles. The third-order valence-electron chi connectivity index (χ3n) is 4.40. The molecule has 0 atom stereocenters. The Balaban J connectivity index is 1.78. The third kappa shape index (κ3) is 5.70. The summed E-state index contributed by atoms with van der Waals surface area (Å²) in [6, 6.07) is 13.3. The van der Waals surface area contributed by atoms with E-state index in [1.807, 2.05) is 49.4 Å². The number of aromatic nitrogens is 3. The highest BCUT2D eigenvalue weighted by Crippen LogP contribution is 2.29. The molecule has 0 aliphatic heterocycles. The lowest BCUT2D eigenvalue weighted by Crippen LogP contribution is -2.02. The summed E-state index contributed by atoms with van der Waals surface area (Å²) in [5.74, 6) is 2.12. The van der Waals surface area contributed by atoms with E-state index in [0.29, 0.717) is 34.5 Å². The van der Waals surface area contributed by atoms with Crippen LogP contribution in [-0.2, 0) is 13.0 Å². The topological polar surface area (TPSA) is 64.4 Å². The van der Waals surface area contributed by atoms with E-state index in [0.717, 1.165) is 36.2 Å². The second-order valence-corrected chi connectivity index (χ2v) is 7.42. The molecule has 0 bridgehead atoms. The number of nitrogens with zero attached hydrogens (tertiary/aromatic N) is 3. The van der Waals surface area contributed by atoms with Gasteiger partial charge in [0, 0.05) is 17.0 Å². The van der Waals surface area contributed by atoms with E-state index in [2.05, 4.69) is 22.2 Å². The number of H-pyrrole nitrogens is 1. The van der Waals surface area contributed by atoms with Gasteiger partial charge in [0.15, 0.2) is 17.3 Å². The largest absolute Gasteiger partial charge is 0.490 e. The first-order valence-electron chi connectivity index (χ1n) is 9.96. The molecule has 0 saturated heterocycles. The van der Waals surface area contributed by atoms with Gasteiger partial charge < -0.3 is 9.47 Å². The number of aryl methyl sites for hydroxylation is 1. The average Bonchev–Trinajstić information content (AvgIpc) is 3.10. The Hall–Kier alpha value is -2.64. The molecule has 8 heteroatoms. The lowest BCUT2D eigenvalue weighted by atomic mass is 10.2. The van der Waals surface area contributed by atoms with E-state index in [-0.39, 0.29) is 0 Å². The van der Waals surface area contributed by atoms with Crippen molar-refractivity contribution in [2.75, 3.05) is 6.61 Å². The highest BCUT2D eigenvalue weighted by molar-refractivity contribution is 7.71. The van der Waals surface area contributed by atoms with Crippen LogP contribution < -0.4 is 9.47 Å². The number of rotatable bonds is 10. The van der Waals surface area contributed by atoms with Gasteiger partial charge in [0.05, 0.1) is 12.8 Å². The van der Waals surface area contributed by atoms with Crippen LogP contribution in [0, 0.1) is 4.77 Å². The molecule has 158 valence electrons. The summed E-state index contributed by atoms with van der Waals surface area (Å²) in [5, 5.41) is 12.3. The van der Waals surface area contributed by atoms with Gasteiger partial charge in [0.25, 0.3) is 0 Å². The van der Waals surface area contributed by atoms with Crippen LogP contribution in [0.3, 0.4) is 0 Å². The second-order valence-electron chi connectivity index (χ2n) is 6.62. The summed E-state index contributed by atoms with van der Waals surface area (Å²) in [4.78, 5) is 0. The summed E-state index contributed by atoms with van der Waals surface area (Å²) >= 11 is 11.5. The molecule has 0 aliphatic rings. The zero-order valence-electron chi connectivity index (χ0n) is 17.1. The van der Waals surface area contributed by atoms with Gasteiger partial charge in [-0.1, -0.05) is 43.1 Å². The van der Waals surface area contributed by atoms with E-state index in [9.17, 15) is 0 Å². The molecule has 0 radical (unpaired) electrons. The Morgan fingerprint density at radius 2 is 2.00 bits per heavy atom. The molecule has 3 rings (SSSR count). The maximum Gasteiger partial charge on any atom is 0.216 e. The molecule has 1 N–H and O–H groups in total. The molecule has 3 aromatic rings. The number of hydrogen-bond acceptors (Lipinski definition) is 5. The fourth-order valence-corrected chi connectivity index (χ4v) is 3.22. The first-order chi connectivity index (χ1) is 14.6. The van der Waals surface area contributed by atoms with Crippen LogP contribution >= 0.6 is 23.8 Å². The molecule has 2 aromatic carbocycles. The highest BCUT2D eigenvalue weighted by atomic mass is 35.5. The Bertz CT molecular complexity index is 1060. The van der Waals surface area contributed by atoms with E-state index in [1.54, 1.807) is 10.9 Å². The summed E-state index contributed by atoms with van der Waals surface area (Å²) < 4.78 is 13.9. The van der Waals surface area contributed by atoms with Crippen molar-refractivity contribution in [2.45, 2.75) is 39.7 Å². The number of unbranched alkanes of at least 4 members (excludes halogenated alkanes) is 1. The quantitative estimate of drug-likeness (QED) is 0.317. The predicted molar refractivity (Wildman–Crippen MR) is 122 cm³/mol. The van der Waals surface area contributed by atoms with Gasteiger partial charge in [0.1, 0.15) is 6.61 Å². The van der Waals surface area contributed by atoms with Crippen molar-refractivity contribution in [1.29, 1.82) is 0 Å². The lowest BCUT2D eigenvalue weighted by Gasteiger charge is -2.13. The van der Waals surface area contributed by atoms with Crippen LogP contribution in [0.15, 0.2) is 47.6 Å². The standard InChI is InChI=1S/C22H25ClN4O2S/c1-3-5-10-21-25-26-22(30)27(21)24-14-16-11-12-19(20(13-16)28-4-2)29-15-17-8-6-7-9-18(17)23/h6-9,11-14H,3-5,10,15H2,1-2H3,(H,26,30)/b24-14+. The average molecular weight is 445 g/mol. The van der Waals surface area contributed by atoms with Crippen molar-refractivity contribution in [3.05, 3.63) is 69.2 Å². The van der Waals surface area contributed by atoms with Crippen LogP contribution in [0.25, 0.3) is 0 Å². The normalized spacial score (nSPS) is 11.2. The molecule has 0 fully saturated rings. The van der Waals surface area contributed by atoms with Gasteiger partial charge in [-0.15, -0.1) is 0 Å². The van der Waals surface area contributed by atoms with E-state index >= 15 is 0 Å². The van der Waals surface area contributed by atoms with E-state index < -0.39 is 0 Å². The zero-order chi connectivity index (χ0) is 21.3. The molecule has 1 aromatic heterocycles. The van der Waals surface area contributed by atoms with Gasteiger partial charge in [-0.2, -0.15) is 14.9 Å². The second kappa shape index (κ2) is 10.9. The van der Waals surface area contributed by atoms with Gasteiger partial charge in [-0.25, -0.2) is 0 Å². The van der Waals surface area contributed by atoms with Crippen molar-refractivity contribution >= 4 is 30.0 Å². The number of aromatic amines is 1. The van der Waals surface area contributed by atoms with Gasteiger partial charge in [-0.05, 0) is 55.4 Å². The summed E-state index contributed by atoms with van der Waals surface area (Å²) in [6.45, 7) is 4.96. The predicted octanol–water partition coefficient (Wildman–Crippen LogP) is 5.80. The van der Waals surface area contributed by atoms with Crippen LogP contribution in [-0.4, -0.2) is 27.7 Å². The number of nitrogens with one attached hydrogen (secondary N) is 1. The summed E-state index contributed by atoms with van der Waals surface area (Å²) in [7, 11) is 0. The molecular formula is C22H25ClN4O2S. The minimum atomic E-state index is 0.359. The fourth-order valence-electron chi connectivity index (χ4n) is 2.83. The Morgan fingerprint density at radius 3 is 2.77 bits per heavy atom. The third-order valence-corrected chi connectivity index (χ3v) is 5.04. The zero-order valence-corrected chi connectivity index (χ0v) is 18.7. The van der Waals surface area contributed by atoms with Crippen molar-refractivity contribution in [3.63, 3.8) is 0 Å². The summed E-state index contributed by atoms with van der Waals surface area (Å²) in [6.07, 6.45) is 4.67. The molecule has 30 heavy (non-hydrogen) atoms. The maximum atomic E-state index is 6.22. The lowest BCUT2D eigenvalue weighted by molar-refractivity contribution is 0.269.